The zero-order chi connectivity index (χ0) is 42.9. The number of allylic oxidation sites excluding steroid dienone is 1. The molecular weight excluding hydrogens is 785 g/mol. The fourth-order valence-corrected chi connectivity index (χ4v) is 9.11. The zero-order valence-electron chi connectivity index (χ0n) is 35.8. The molecule has 15 nitrogen and oxygen atoms in total. The Hall–Kier alpha value is -6.03. The van der Waals surface area contributed by atoms with E-state index < -0.39 is 17.9 Å². The van der Waals surface area contributed by atoms with Crippen LogP contribution in [0, 0.1) is 0 Å². The lowest BCUT2D eigenvalue weighted by atomic mass is 9.89. The Kier molecular flexibility index (Phi) is 11.8. The molecule has 62 heavy (non-hydrogen) atoms. The van der Waals surface area contributed by atoms with Gasteiger partial charge in [-0.1, -0.05) is 36.4 Å². The average molecular weight is 839 g/mol. The smallest absolute Gasteiger partial charge is 0.262 e. The molecule has 1 atom stereocenters. The molecule has 6 heterocycles. The molecule has 15 heteroatoms. The molecule has 5 aromatic rings. The van der Waals surface area contributed by atoms with Crippen molar-refractivity contribution in [3.8, 4) is 17.1 Å². The molecule has 2 aromatic carbocycles. The second kappa shape index (κ2) is 17.8. The first kappa shape index (κ1) is 41.3. The van der Waals surface area contributed by atoms with Crippen molar-refractivity contribution in [2.24, 2.45) is 0 Å². The highest BCUT2D eigenvalue weighted by Gasteiger charge is 2.43. The summed E-state index contributed by atoms with van der Waals surface area (Å²) in [5.41, 5.74) is 5.61. The Morgan fingerprint density at radius 1 is 0.839 bits per heavy atom. The van der Waals surface area contributed by atoms with Crippen LogP contribution in [0.2, 0.25) is 0 Å². The van der Waals surface area contributed by atoms with Gasteiger partial charge in [0.05, 0.1) is 35.0 Å². The van der Waals surface area contributed by atoms with E-state index in [1.165, 1.54) is 5.56 Å². The average Bonchev–Trinajstić information content (AvgIpc) is 3.78. The summed E-state index contributed by atoms with van der Waals surface area (Å²) in [5, 5.41) is 3.40. The standard InChI is InChI=1S/C47H54N10O5/c1-30(2)56-40-27-43(51-42-13-16-48-47(52-42)55-17-14-34(61-4)15-18-55)49-28-38(40)50-44(56)33-8-6-32(7-9-33)29-54-21-19-53(20-22-54)23-24-62-35-10-11-36-37(26-35)46(60)57(45(36)59)39-12-5-31(3)25-41(39)58/h6-11,13,16,26-28,30,34,39H,3,5,12,14-15,17-25,29H2,1-2,4H3,(H,48,49,51,52). The molecule has 9 rings (SSSR count). The van der Waals surface area contributed by atoms with Gasteiger partial charge >= 0.3 is 0 Å². The first-order chi connectivity index (χ1) is 30.1. The van der Waals surface area contributed by atoms with Gasteiger partial charge in [-0.15, -0.1) is 0 Å². The number of methoxy groups -OCH3 is 1. The second-order valence-corrected chi connectivity index (χ2v) is 17.0. The van der Waals surface area contributed by atoms with Gasteiger partial charge in [-0.05, 0) is 69.4 Å². The third-order valence-corrected chi connectivity index (χ3v) is 12.6. The Labute approximate surface area is 361 Å². The maximum atomic E-state index is 13.3. The number of nitrogens with one attached hydrogen (secondary N) is 1. The number of nitrogens with zero attached hydrogens (tertiary/aromatic N) is 9. The number of pyridine rings is 1. The highest BCUT2D eigenvalue weighted by atomic mass is 16.5. The quantitative estimate of drug-likeness (QED) is 0.105. The SMILES string of the molecule is C=C1CCC(N2C(=O)c3ccc(OCCN4CCN(Cc5ccc(-c6nc7cnc(Nc8ccnc(N9CCC(OC)CC9)n8)cc7n6C(C)C)cc5)CC4)cc3C2=O)C(=O)C1. The number of anilines is 3. The van der Waals surface area contributed by atoms with Gasteiger partial charge in [-0.3, -0.25) is 29.1 Å². The minimum absolute atomic E-state index is 0.129. The number of imide groups is 1. The van der Waals surface area contributed by atoms with Crippen molar-refractivity contribution >= 4 is 46.2 Å². The predicted octanol–water partition coefficient (Wildman–Crippen LogP) is 6.30. The molecule has 2 saturated heterocycles. The van der Waals surface area contributed by atoms with Gasteiger partial charge in [0, 0.05) is 89.8 Å². The van der Waals surface area contributed by atoms with Gasteiger partial charge in [0.25, 0.3) is 11.8 Å². The number of piperidine rings is 1. The third-order valence-electron chi connectivity index (χ3n) is 12.6. The molecule has 0 radical (unpaired) electrons. The van der Waals surface area contributed by atoms with Crippen molar-refractivity contribution in [3.63, 3.8) is 0 Å². The van der Waals surface area contributed by atoms with E-state index in [4.69, 9.17) is 24.4 Å². The van der Waals surface area contributed by atoms with E-state index in [2.05, 4.69) is 74.3 Å². The van der Waals surface area contributed by atoms with Crippen LogP contribution in [-0.2, 0) is 16.1 Å². The van der Waals surface area contributed by atoms with Crippen molar-refractivity contribution < 1.29 is 23.9 Å². The molecule has 3 fully saturated rings. The summed E-state index contributed by atoms with van der Waals surface area (Å²) < 4.78 is 13.9. The molecular formula is C47H54N10O5. The van der Waals surface area contributed by atoms with Gasteiger partial charge in [-0.25, -0.2) is 15.0 Å². The number of ether oxygens (including phenoxy) is 2. The number of aromatic nitrogens is 5. The molecule has 3 aromatic heterocycles. The van der Waals surface area contributed by atoms with Gasteiger partial charge in [-0.2, -0.15) is 4.98 Å². The lowest BCUT2D eigenvalue weighted by Gasteiger charge is -2.34. The summed E-state index contributed by atoms with van der Waals surface area (Å²) in [4.78, 5) is 66.3. The summed E-state index contributed by atoms with van der Waals surface area (Å²) in [7, 11) is 1.77. The minimum Gasteiger partial charge on any atom is -0.492 e. The highest BCUT2D eigenvalue weighted by Crippen LogP contribution is 2.34. The summed E-state index contributed by atoms with van der Waals surface area (Å²) in [6.07, 6.45) is 7.08. The molecule has 2 amide bonds. The van der Waals surface area contributed by atoms with Crippen molar-refractivity contribution in [2.75, 3.05) is 69.7 Å². The molecule has 0 spiro atoms. The predicted molar refractivity (Wildman–Crippen MR) is 237 cm³/mol. The molecule has 0 bridgehead atoms. The number of hydrogen-bond donors (Lipinski definition) is 1. The van der Waals surface area contributed by atoms with Crippen molar-refractivity contribution in [3.05, 3.63) is 95.8 Å². The molecule has 1 aliphatic carbocycles. The van der Waals surface area contributed by atoms with Crippen LogP contribution in [0.4, 0.5) is 17.6 Å². The van der Waals surface area contributed by atoms with Crippen LogP contribution in [0.3, 0.4) is 0 Å². The first-order valence-electron chi connectivity index (χ1n) is 21.8. The molecule has 1 N–H and O–H groups in total. The molecule has 4 aliphatic rings. The fourth-order valence-electron chi connectivity index (χ4n) is 9.11. The van der Waals surface area contributed by atoms with Crippen molar-refractivity contribution in [2.45, 2.75) is 70.7 Å². The topological polar surface area (TPSA) is 151 Å². The largest absolute Gasteiger partial charge is 0.492 e. The lowest BCUT2D eigenvalue weighted by Crippen LogP contribution is -2.47. The Morgan fingerprint density at radius 3 is 2.34 bits per heavy atom. The van der Waals surface area contributed by atoms with Crippen LogP contribution in [0.1, 0.15) is 78.3 Å². The number of benzene rings is 2. The molecule has 1 saturated carbocycles. The third kappa shape index (κ3) is 8.56. The van der Waals surface area contributed by atoms with E-state index in [9.17, 15) is 14.4 Å². The van der Waals surface area contributed by atoms with E-state index >= 15 is 0 Å². The van der Waals surface area contributed by atoms with Gasteiger partial charge < -0.3 is 24.3 Å². The summed E-state index contributed by atoms with van der Waals surface area (Å²) in [6, 6.07) is 17.1. The van der Waals surface area contributed by atoms with Crippen molar-refractivity contribution in [1.29, 1.82) is 0 Å². The number of amides is 2. The van der Waals surface area contributed by atoms with E-state index in [1.807, 2.05) is 18.3 Å². The number of rotatable bonds is 13. The number of imidazole rings is 1. The van der Waals surface area contributed by atoms with Crippen LogP contribution < -0.4 is 15.0 Å². The Balaban J connectivity index is 0.769. The van der Waals surface area contributed by atoms with Gasteiger partial charge in [0.1, 0.15) is 35.3 Å². The highest BCUT2D eigenvalue weighted by molar-refractivity contribution is 6.23. The number of ketones is 1. The van der Waals surface area contributed by atoms with E-state index in [-0.39, 0.29) is 18.2 Å². The molecule has 3 aliphatic heterocycles. The maximum absolute atomic E-state index is 13.3. The number of Topliss-reactive ketones (excluding diaryl/α,β-unsaturated/α-hetero) is 1. The monoisotopic (exact) mass is 838 g/mol. The van der Waals surface area contributed by atoms with E-state index in [1.54, 1.807) is 31.5 Å². The number of carbonyl (C=O) groups excluding carboxylic acids is 3. The summed E-state index contributed by atoms with van der Waals surface area (Å²) >= 11 is 0. The Morgan fingerprint density at radius 2 is 1.60 bits per heavy atom. The number of fused-ring (bicyclic) bond motifs is 2. The molecule has 322 valence electrons. The second-order valence-electron chi connectivity index (χ2n) is 17.0. The van der Waals surface area contributed by atoms with Crippen LogP contribution in [0.15, 0.2) is 79.1 Å². The van der Waals surface area contributed by atoms with Gasteiger partial charge in [0.2, 0.25) is 5.95 Å². The van der Waals surface area contributed by atoms with E-state index in [0.717, 1.165) is 98.1 Å². The number of hydrogen-bond acceptors (Lipinski definition) is 13. The molecule has 1 unspecified atom stereocenters. The Bertz CT molecular complexity index is 2490. The lowest BCUT2D eigenvalue weighted by molar-refractivity contribution is -0.123. The van der Waals surface area contributed by atoms with Crippen LogP contribution in [0.5, 0.6) is 5.75 Å². The van der Waals surface area contributed by atoms with Crippen LogP contribution in [0.25, 0.3) is 22.4 Å². The maximum Gasteiger partial charge on any atom is 0.262 e. The number of piperazine rings is 1. The van der Waals surface area contributed by atoms with E-state index in [0.29, 0.717) is 60.0 Å². The van der Waals surface area contributed by atoms with Crippen LogP contribution >= 0.6 is 0 Å². The summed E-state index contributed by atoms with van der Waals surface area (Å²) in [6.45, 7) is 15.8. The van der Waals surface area contributed by atoms with Crippen LogP contribution in [-0.4, -0.2) is 128 Å². The fraction of sp³-hybridized carbons (Fsp3) is 0.426. The first-order valence-corrected chi connectivity index (χ1v) is 21.8. The number of carbonyl (C=O) groups is 3. The summed E-state index contributed by atoms with van der Waals surface area (Å²) in [5.74, 6) is 2.58. The van der Waals surface area contributed by atoms with Crippen molar-refractivity contribution in [1.82, 2.24) is 39.2 Å². The van der Waals surface area contributed by atoms with Gasteiger partial charge in [0.15, 0.2) is 5.78 Å². The normalized spacial score (nSPS) is 19.3. The minimum atomic E-state index is -0.727. The zero-order valence-corrected chi connectivity index (χ0v) is 35.8.